The first-order valence-corrected chi connectivity index (χ1v) is 7.78. The van der Waals surface area contributed by atoms with Crippen molar-refractivity contribution < 1.29 is 4.79 Å². The molecule has 0 spiro atoms. The summed E-state index contributed by atoms with van der Waals surface area (Å²) in [5.41, 5.74) is 3.91. The minimum Gasteiger partial charge on any atom is -0.372 e. The summed E-state index contributed by atoms with van der Waals surface area (Å²) in [6.45, 7) is 2.00. The van der Waals surface area contributed by atoms with E-state index in [1.807, 2.05) is 37.3 Å². The molecule has 0 fully saturated rings. The Balaban J connectivity index is 1.92. The van der Waals surface area contributed by atoms with Crippen molar-refractivity contribution in [2.24, 2.45) is 0 Å². The lowest BCUT2D eigenvalue weighted by atomic mass is 9.81. The van der Waals surface area contributed by atoms with Gasteiger partial charge in [0.25, 0.3) is 0 Å². The molecular weight excluding hydrogens is 326 g/mol. The van der Waals surface area contributed by atoms with Gasteiger partial charge in [0, 0.05) is 16.1 Å². The largest absolute Gasteiger partial charge is 0.372 e. The van der Waals surface area contributed by atoms with Crippen molar-refractivity contribution in [2.45, 2.75) is 18.4 Å². The predicted molar refractivity (Wildman–Crippen MR) is 88.3 cm³/mol. The number of rotatable bonds is 1. The fourth-order valence-corrected chi connectivity index (χ4v) is 3.87. The fourth-order valence-electron chi connectivity index (χ4n) is 3.49. The average Bonchev–Trinajstić information content (AvgIpc) is 2.91. The number of fused-ring (bicyclic) bond motifs is 3. The van der Waals surface area contributed by atoms with Crippen LogP contribution < -0.4 is 5.32 Å². The zero-order valence-corrected chi connectivity index (χ0v) is 13.1. The summed E-state index contributed by atoms with van der Waals surface area (Å²) in [6.07, 6.45) is 1.80. The van der Waals surface area contributed by atoms with Crippen molar-refractivity contribution in [3.05, 3.63) is 70.2 Å². The first-order valence-electron chi connectivity index (χ1n) is 6.99. The van der Waals surface area contributed by atoms with E-state index < -0.39 is 5.54 Å². The van der Waals surface area contributed by atoms with Gasteiger partial charge in [-0.05, 0) is 47.9 Å². The number of hydrogen-bond donors (Lipinski definition) is 1. The summed E-state index contributed by atoms with van der Waals surface area (Å²) < 4.78 is 1.04. The maximum absolute atomic E-state index is 12.6. The molecule has 1 N–H and O–H groups in total. The molecular formula is C18H14BrNO. The quantitative estimate of drug-likeness (QED) is 0.835. The molecule has 0 bridgehead atoms. The third kappa shape index (κ3) is 1.74. The Bertz CT molecular complexity index is 781. The summed E-state index contributed by atoms with van der Waals surface area (Å²) in [5, 5.41) is 3.43. The molecule has 4 rings (SSSR count). The first kappa shape index (κ1) is 12.8. The van der Waals surface area contributed by atoms with E-state index in [0.29, 0.717) is 0 Å². The molecule has 0 amide bonds. The van der Waals surface area contributed by atoms with Crippen LogP contribution in [0, 0.1) is 0 Å². The van der Waals surface area contributed by atoms with E-state index in [-0.39, 0.29) is 11.7 Å². The number of halogens is 1. The molecule has 2 aromatic rings. The van der Waals surface area contributed by atoms with E-state index in [2.05, 4.69) is 39.4 Å². The predicted octanol–water partition coefficient (Wildman–Crippen LogP) is 4.38. The molecule has 2 nitrogen and oxygen atoms in total. The van der Waals surface area contributed by atoms with E-state index in [1.54, 1.807) is 6.08 Å². The Morgan fingerprint density at radius 1 is 1.14 bits per heavy atom. The highest BCUT2D eigenvalue weighted by Gasteiger charge is 2.52. The van der Waals surface area contributed by atoms with Gasteiger partial charge in [-0.15, -0.1) is 0 Å². The Morgan fingerprint density at radius 3 is 2.67 bits per heavy atom. The van der Waals surface area contributed by atoms with Crippen molar-refractivity contribution in [3.63, 3.8) is 0 Å². The molecule has 1 aliphatic heterocycles. The number of nitrogens with one attached hydrogen (secondary N) is 1. The summed E-state index contributed by atoms with van der Waals surface area (Å²) in [6, 6.07) is 16.3. The zero-order valence-electron chi connectivity index (χ0n) is 11.6. The van der Waals surface area contributed by atoms with Crippen LogP contribution in [-0.4, -0.2) is 11.3 Å². The molecule has 21 heavy (non-hydrogen) atoms. The van der Waals surface area contributed by atoms with Crippen LogP contribution in [0.4, 0.5) is 5.69 Å². The Kier molecular flexibility index (Phi) is 2.64. The Labute approximate surface area is 132 Å². The van der Waals surface area contributed by atoms with Crippen LogP contribution >= 0.6 is 15.9 Å². The van der Waals surface area contributed by atoms with Crippen molar-refractivity contribution in [1.82, 2.24) is 0 Å². The molecule has 0 aromatic heterocycles. The minimum absolute atomic E-state index is 0.0694. The zero-order chi connectivity index (χ0) is 14.6. The number of carbonyl (C=O) groups excluding carboxylic acids is 1. The first-order chi connectivity index (χ1) is 10.1. The minimum atomic E-state index is -0.561. The van der Waals surface area contributed by atoms with Crippen LogP contribution in [0.25, 0.3) is 5.57 Å². The highest BCUT2D eigenvalue weighted by atomic mass is 79.9. The van der Waals surface area contributed by atoms with Crippen molar-refractivity contribution in [1.29, 1.82) is 0 Å². The molecule has 104 valence electrons. The van der Waals surface area contributed by atoms with Crippen LogP contribution in [0.2, 0.25) is 0 Å². The molecule has 1 aliphatic carbocycles. The lowest BCUT2D eigenvalue weighted by Gasteiger charge is -2.25. The van der Waals surface area contributed by atoms with E-state index in [4.69, 9.17) is 0 Å². The van der Waals surface area contributed by atoms with Gasteiger partial charge < -0.3 is 5.32 Å². The van der Waals surface area contributed by atoms with E-state index >= 15 is 0 Å². The second-order valence-electron chi connectivity index (χ2n) is 5.82. The van der Waals surface area contributed by atoms with Gasteiger partial charge in [0.15, 0.2) is 5.78 Å². The van der Waals surface area contributed by atoms with E-state index in [0.717, 1.165) is 21.3 Å². The number of benzene rings is 2. The Hall–Kier alpha value is -1.87. The van der Waals surface area contributed by atoms with Gasteiger partial charge in [-0.2, -0.15) is 0 Å². The normalized spacial score (nSPS) is 26.1. The lowest BCUT2D eigenvalue weighted by molar-refractivity contribution is -0.117. The van der Waals surface area contributed by atoms with Crippen LogP contribution in [0.15, 0.2) is 59.1 Å². The second kappa shape index (κ2) is 4.31. The number of hydrogen-bond acceptors (Lipinski definition) is 2. The molecule has 1 heterocycles. The lowest BCUT2D eigenvalue weighted by Crippen LogP contribution is -2.40. The number of carbonyl (C=O) groups is 1. The van der Waals surface area contributed by atoms with Gasteiger partial charge in [0.05, 0.1) is 0 Å². The number of anilines is 1. The van der Waals surface area contributed by atoms with Crippen LogP contribution in [0.1, 0.15) is 24.0 Å². The van der Waals surface area contributed by atoms with Crippen molar-refractivity contribution in [2.75, 3.05) is 5.32 Å². The summed E-state index contributed by atoms with van der Waals surface area (Å²) >= 11 is 3.54. The maximum Gasteiger partial charge on any atom is 0.181 e. The third-order valence-corrected chi connectivity index (χ3v) is 5.01. The second-order valence-corrected chi connectivity index (χ2v) is 6.74. The molecule has 2 aromatic carbocycles. The summed E-state index contributed by atoms with van der Waals surface area (Å²) in [5.74, 6) is 0.221. The van der Waals surface area contributed by atoms with Gasteiger partial charge in [-0.25, -0.2) is 0 Å². The molecule has 2 atom stereocenters. The van der Waals surface area contributed by atoms with Gasteiger partial charge >= 0.3 is 0 Å². The molecule has 0 radical (unpaired) electrons. The summed E-state index contributed by atoms with van der Waals surface area (Å²) in [7, 11) is 0. The fraction of sp³-hybridized carbons (Fsp3) is 0.167. The van der Waals surface area contributed by atoms with Gasteiger partial charge in [0.1, 0.15) is 5.54 Å². The molecule has 0 saturated carbocycles. The summed E-state index contributed by atoms with van der Waals surface area (Å²) in [4.78, 5) is 12.6. The van der Waals surface area contributed by atoms with Gasteiger partial charge in [0.2, 0.25) is 0 Å². The van der Waals surface area contributed by atoms with E-state index in [1.165, 1.54) is 5.56 Å². The molecule has 0 saturated heterocycles. The molecule has 3 heteroatoms. The van der Waals surface area contributed by atoms with Gasteiger partial charge in [-0.1, -0.05) is 46.3 Å². The van der Waals surface area contributed by atoms with Crippen molar-refractivity contribution in [3.8, 4) is 0 Å². The third-order valence-electron chi connectivity index (χ3n) is 4.51. The highest BCUT2D eigenvalue weighted by molar-refractivity contribution is 9.10. The Morgan fingerprint density at radius 2 is 1.90 bits per heavy atom. The van der Waals surface area contributed by atoms with Crippen LogP contribution in [-0.2, 0) is 4.79 Å². The average molecular weight is 340 g/mol. The monoisotopic (exact) mass is 339 g/mol. The highest BCUT2D eigenvalue weighted by Crippen LogP contribution is 2.54. The van der Waals surface area contributed by atoms with Gasteiger partial charge in [-0.3, -0.25) is 4.79 Å². The SMILES string of the molecule is C[C@@]12Nc3ccc(Br)cc3[C@@H]1C(c1ccccc1)=CC2=O. The standard InChI is InChI=1S/C18H14BrNO/c1-18-16(21)10-13(11-5-3-2-4-6-11)17(18)14-9-12(19)7-8-15(14)20-18/h2-10,17,20H,1H3/t17-,18-/m0/s1. The maximum atomic E-state index is 12.6. The van der Waals surface area contributed by atoms with Crippen LogP contribution in [0.5, 0.6) is 0 Å². The number of ketones is 1. The topological polar surface area (TPSA) is 29.1 Å². The van der Waals surface area contributed by atoms with Crippen molar-refractivity contribution >= 4 is 33.0 Å². The molecule has 2 aliphatic rings. The van der Waals surface area contributed by atoms with E-state index in [9.17, 15) is 4.79 Å². The smallest absolute Gasteiger partial charge is 0.181 e. The molecule has 0 unspecified atom stereocenters. The van der Waals surface area contributed by atoms with Crippen LogP contribution in [0.3, 0.4) is 0 Å².